The second kappa shape index (κ2) is 5.57. The molecule has 20 heavy (non-hydrogen) atoms. The average molecular weight is 269 g/mol. The quantitative estimate of drug-likeness (QED) is 0.912. The summed E-state index contributed by atoms with van der Waals surface area (Å²) in [6.45, 7) is 2.20. The topological polar surface area (TPSA) is 54.9 Å². The monoisotopic (exact) mass is 269 g/mol. The highest BCUT2D eigenvalue weighted by Crippen LogP contribution is 2.23. The van der Waals surface area contributed by atoms with Crippen LogP contribution < -0.4 is 5.32 Å². The summed E-state index contributed by atoms with van der Waals surface area (Å²) in [6.07, 6.45) is 6.27. The van der Waals surface area contributed by atoms with Gasteiger partial charge in [-0.25, -0.2) is 4.98 Å². The number of fused-ring (bicyclic) bond motifs is 1. The van der Waals surface area contributed by atoms with Gasteiger partial charge in [-0.1, -0.05) is 31.9 Å². The molecule has 0 aliphatic heterocycles. The zero-order chi connectivity index (χ0) is 13.9. The molecule has 0 spiro atoms. The first-order chi connectivity index (χ1) is 9.74. The Kier molecular flexibility index (Phi) is 3.63. The largest absolute Gasteiger partial charge is 0.348 e. The van der Waals surface area contributed by atoms with Crippen LogP contribution in [0.1, 0.15) is 43.1 Å². The van der Waals surface area contributed by atoms with E-state index in [9.17, 15) is 4.79 Å². The molecule has 1 aromatic heterocycles. The zero-order valence-corrected chi connectivity index (χ0v) is 11.7. The van der Waals surface area contributed by atoms with Crippen LogP contribution in [0.4, 0.5) is 0 Å². The number of amides is 1. The van der Waals surface area contributed by atoms with Crippen LogP contribution in [-0.4, -0.2) is 21.9 Å². The molecule has 2 aromatic rings. The molecular weight excluding hydrogens is 250 g/mol. The van der Waals surface area contributed by atoms with E-state index in [1.54, 1.807) is 6.20 Å². The van der Waals surface area contributed by atoms with E-state index >= 15 is 0 Å². The molecule has 1 amide bonds. The lowest BCUT2D eigenvalue weighted by molar-refractivity contribution is 0.0905. The number of aromatic nitrogens is 2. The van der Waals surface area contributed by atoms with Crippen molar-refractivity contribution in [3.05, 3.63) is 36.2 Å². The van der Waals surface area contributed by atoms with Gasteiger partial charge in [-0.05, 0) is 30.9 Å². The van der Waals surface area contributed by atoms with Crippen LogP contribution >= 0.6 is 0 Å². The molecule has 3 rings (SSSR count). The first-order valence-electron chi connectivity index (χ1n) is 7.27. The summed E-state index contributed by atoms with van der Waals surface area (Å²) >= 11 is 0. The van der Waals surface area contributed by atoms with Gasteiger partial charge in [0.05, 0.1) is 17.2 Å². The SMILES string of the molecule is C[C@H]1CCCC[C@H]1NC(=O)c1cnc2ccccc2n1. The van der Waals surface area contributed by atoms with E-state index in [0.29, 0.717) is 11.6 Å². The van der Waals surface area contributed by atoms with E-state index in [1.807, 2.05) is 24.3 Å². The second-order valence-corrected chi connectivity index (χ2v) is 5.59. The van der Waals surface area contributed by atoms with E-state index in [0.717, 1.165) is 17.5 Å². The molecule has 0 unspecified atom stereocenters. The highest BCUT2D eigenvalue weighted by molar-refractivity contribution is 5.93. The minimum Gasteiger partial charge on any atom is -0.348 e. The van der Waals surface area contributed by atoms with Gasteiger partial charge in [0, 0.05) is 6.04 Å². The number of hydrogen-bond donors (Lipinski definition) is 1. The predicted octanol–water partition coefficient (Wildman–Crippen LogP) is 2.94. The lowest BCUT2D eigenvalue weighted by atomic mass is 9.86. The van der Waals surface area contributed by atoms with Crippen molar-refractivity contribution in [2.45, 2.75) is 38.6 Å². The Labute approximate surface area is 118 Å². The fourth-order valence-electron chi connectivity index (χ4n) is 2.84. The molecule has 0 radical (unpaired) electrons. The summed E-state index contributed by atoms with van der Waals surface area (Å²) in [6, 6.07) is 7.86. The average Bonchev–Trinajstić information content (AvgIpc) is 2.49. The molecule has 1 heterocycles. The number of carbonyl (C=O) groups is 1. The van der Waals surface area contributed by atoms with Gasteiger partial charge in [-0.15, -0.1) is 0 Å². The third-order valence-corrected chi connectivity index (χ3v) is 4.11. The highest BCUT2D eigenvalue weighted by atomic mass is 16.1. The summed E-state index contributed by atoms with van der Waals surface area (Å²) in [5.41, 5.74) is 1.98. The molecule has 0 bridgehead atoms. The molecule has 1 fully saturated rings. The Morgan fingerprint density at radius 1 is 1.20 bits per heavy atom. The van der Waals surface area contributed by atoms with Crippen molar-refractivity contribution in [2.75, 3.05) is 0 Å². The maximum absolute atomic E-state index is 12.3. The standard InChI is InChI=1S/C16H19N3O/c1-11-6-2-3-7-12(11)19-16(20)15-10-17-13-8-4-5-9-14(13)18-15/h4-5,8-12H,2-3,6-7H2,1H3,(H,19,20)/t11-,12+/m0/s1. The molecule has 1 aliphatic rings. The van der Waals surface area contributed by atoms with Gasteiger partial charge in [0.1, 0.15) is 5.69 Å². The second-order valence-electron chi connectivity index (χ2n) is 5.59. The molecule has 104 valence electrons. The summed E-state index contributed by atoms with van der Waals surface area (Å²) < 4.78 is 0. The van der Waals surface area contributed by atoms with E-state index in [2.05, 4.69) is 22.2 Å². The molecule has 1 aromatic carbocycles. The third kappa shape index (κ3) is 2.64. The summed E-state index contributed by atoms with van der Waals surface area (Å²) in [7, 11) is 0. The van der Waals surface area contributed by atoms with Crippen LogP contribution in [-0.2, 0) is 0 Å². The van der Waals surface area contributed by atoms with Gasteiger partial charge in [0.2, 0.25) is 0 Å². The first kappa shape index (κ1) is 13.0. The van der Waals surface area contributed by atoms with Crippen LogP contribution in [0, 0.1) is 5.92 Å². The van der Waals surface area contributed by atoms with Gasteiger partial charge < -0.3 is 5.32 Å². The van der Waals surface area contributed by atoms with Crippen LogP contribution in [0.3, 0.4) is 0 Å². The fraction of sp³-hybridized carbons (Fsp3) is 0.438. The molecule has 0 saturated heterocycles. The Morgan fingerprint density at radius 3 is 2.75 bits per heavy atom. The predicted molar refractivity (Wildman–Crippen MR) is 78.4 cm³/mol. The van der Waals surface area contributed by atoms with E-state index in [-0.39, 0.29) is 11.9 Å². The maximum Gasteiger partial charge on any atom is 0.271 e. The first-order valence-corrected chi connectivity index (χ1v) is 7.27. The highest BCUT2D eigenvalue weighted by Gasteiger charge is 2.23. The van der Waals surface area contributed by atoms with Crippen molar-refractivity contribution < 1.29 is 4.79 Å². The zero-order valence-electron chi connectivity index (χ0n) is 11.7. The Bertz CT molecular complexity index is 626. The van der Waals surface area contributed by atoms with Crippen molar-refractivity contribution in [2.24, 2.45) is 5.92 Å². The Hall–Kier alpha value is -1.97. The molecule has 4 heteroatoms. The third-order valence-electron chi connectivity index (χ3n) is 4.11. The normalized spacial score (nSPS) is 22.6. The van der Waals surface area contributed by atoms with Gasteiger partial charge in [0.25, 0.3) is 5.91 Å². The van der Waals surface area contributed by atoms with Gasteiger partial charge in [0.15, 0.2) is 0 Å². The molecule has 4 nitrogen and oxygen atoms in total. The molecule has 1 saturated carbocycles. The Morgan fingerprint density at radius 2 is 1.95 bits per heavy atom. The molecular formula is C16H19N3O. The number of carbonyl (C=O) groups excluding carboxylic acids is 1. The number of hydrogen-bond acceptors (Lipinski definition) is 3. The molecule has 2 atom stereocenters. The number of nitrogens with one attached hydrogen (secondary N) is 1. The minimum atomic E-state index is -0.109. The lowest BCUT2D eigenvalue weighted by Crippen LogP contribution is -2.41. The van der Waals surface area contributed by atoms with E-state index < -0.39 is 0 Å². The van der Waals surface area contributed by atoms with Gasteiger partial charge in [-0.2, -0.15) is 0 Å². The number of benzene rings is 1. The van der Waals surface area contributed by atoms with Crippen molar-refractivity contribution in [3.63, 3.8) is 0 Å². The van der Waals surface area contributed by atoms with Crippen molar-refractivity contribution >= 4 is 16.9 Å². The van der Waals surface area contributed by atoms with E-state index in [1.165, 1.54) is 19.3 Å². The summed E-state index contributed by atoms with van der Waals surface area (Å²) in [5.74, 6) is 0.433. The van der Waals surface area contributed by atoms with E-state index in [4.69, 9.17) is 0 Å². The smallest absolute Gasteiger partial charge is 0.271 e. The number of para-hydroxylation sites is 2. The molecule has 1 aliphatic carbocycles. The lowest BCUT2D eigenvalue weighted by Gasteiger charge is -2.29. The Balaban J connectivity index is 1.78. The van der Waals surface area contributed by atoms with Crippen molar-refractivity contribution in [3.8, 4) is 0 Å². The molecule has 1 N–H and O–H groups in total. The fourth-order valence-corrected chi connectivity index (χ4v) is 2.84. The van der Waals surface area contributed by atoms with Crippen molar-refractivity contribution in [1.29, 1.82) is 0 Å². The van der Waals surface area contributed by atoms with Crippen molar-refractivity contribution in [1.82, 2.24) is 15.3 Å². The van der Waals surface area contributed by atoms with Crippen LogP contribution in [0.5, 0.6) is 0 Å². The van der Waals surface area contributed by atoms with Crippen LogP contribution in [0.2, 0.25) is 0 Å². The number of nitrogens with zero attached hydrogens (tertiary/aromatic N) is 2. The summed E-state index contributed by atoms with van der Waals surface area (Å²) in [5, 5.41) is 3.11. The maximum atomic E-state index is 12.3. The van der Waals surface area contributed by atoms with Gasteiger partial charge >= 0.3 is 0 Å². The summed E-state index contributed by atoms with van der Waals surface area (Å²) in [4.78, 5) is 21.0. The minimum absolute atomic E-state index is 0.109. The van der Waals surface area contributed by atoms with Gasteiger partial charge in [-0.3, -0.25) is 9.78 Å². The number of rotatable bonds is 2. The van der Waals surface area contributed by atoms with Crippen LogP contribution in [0.15, 0.2) is 30.5 Å². The van der Waals surface area contributed by atoms with Crippen LogP contribution in [0.25, 0.3) is 11.0 Å².